The molecule has 2 rings (SSSR count). The van der Waals surface area contributed by atoms with Crippen LogP contribution in [0, 0.1) is 5.41 Å². The molecule has 2 aliphatic rings. The normalized spacial score (nSPS) is 23.7. The highest BCUT2D eigenvalue weighted by Crippen LogP contribution is 2.46. The van der Waals surface area contributed by atoms with E-state index in [4.69, 9.17) is 4.99 Å². The van der Waals surface area contributed by atoms with E-state index in [9.17, 15) is 4.79 Å². The number of rotatable bonds is 5. The molecule has 0 aromatic carbocycles. The highest BCUT2D eigenvalue weighted by molar-refractivity contribution is 5.82. The number of hydrogen-bond acceptors (Lipinski definition) is 2. The molecular weight excluding hydrogens is 276 g/mol. The van der Waals surface area contributed by atoms with E-state index in [0.29, 0.717) is 11.3 Å². The van der Waals surface area contributed by atoms with E-state index >= 15 is 0 Å². The van der Waals surface area contributed by atoms with Crippen molar-refractivity contribution in [2.75, 3.05) is 32.7 Å². The molecule has 0 bridgehead atoms. The zero-order chi connectivity index (χ0) is 16.4. The van der Waals surface area contributed by atoms with E-state index in [1.807, 2.05) is 4.90 Å². The quantitative estimate of drug-likeness (QED) is 0.480. The number of amides is 1. The minimum Gasteiger partial charge on any atom is -0.356 e. The third-order valence-corrected chi connectivity index (χ3v) is 5.49. The first kappa shape index (κ1) is 17.1. The van der Waals surface area contributed by atoms with Gasteiger partial charge < -0.3 is 15.1 Å². The summed E-state index contributed by atoms with van der Waals surface area (Å²) in [7, 11) is 0. The molecule has 2 saturated heterocycles. The van der Waals surface area contributed by atoms with E-state index in [0.717, 1.165) is 57.9 Å². The third kappa shape index (κ3) is 3.23. The van der Waals surface area contributed by atoms with Crippen molar-refractivity contribution in [1.29, 1.82) is 0 Å². The van der Waals surface area contributed by atoms with Crippen molar-refractivity contribution in [2.45, 2.75) is 59.4 Å². The Morgan fingerprint density at radius 1 is 1.32 bits per heavy atom. The van der Waals surface area contributed by atoms with E-state index in [1.54, 1.807) is 0 Å². The van der Waals surface area contributed by atoms with Crippen LogP contribution in [0.15, 0.2) is 4.99 Å². The zero-order valence-corrected chi connectivity index (χ0v) is 14.9. The standard InChI is InChI=1S/C17H32N4O/c1-6-18-15(21-13-16(2,3)17(21,4)5)19-10-8-12-20-11-7-9-14(20)22/h6-13H2,1-5H3,(H,18,19). The van der Waals surface area contributed by atoms with Gasteiger partial charge in [-0.1, -0.05) is 13.8 Å². The molecule has 5 heteroatoms. The number of carbonyl (C=O) groups is 1. The highest BCUT2D eigenvalue weighted by Gasteiger charge is 2.53. The van der Waals surface area contributed by atoms with Crippen LogP contribution in [0.1, 0.15) is 53.9 Å². The number of aliphatic imine (C=N–C) groups is 1. The summed E-state index contributed by atoms with van der Waals surface area (Å²) < 4.78 is 0. The average molecular weight is 308 g/mol. The molecule has 0 aliphatic carbocycles. The molecule has 126 valence electrons. The van der Waals surface area contributed by atoms with Crippen LogP contribution in [0.3, 0.4) is 0 Å². The zero-order valence-electron chi connectivity index (χ0n) is 14.9. The minimum absolute atomic E-state index is 0.124. The molecule has 0 saturated carbocycles. The Balaban J connectivity index is 1.87. The minimum atomic E-state index is 0.124. The van der Waals surface area contributed by atoms with E-state index in [-0.39, 0.29) is 5.54 Å². The summed E-state index contributed by atoms with van der Waals surface area (Å²) in [5.41, 5.74) is 0.435. The van der Waals surface area contributed by atoms with Gasteiger partial charge in [0, 0.05) is 50.1 Å². The van der Waals surface area contributed by atoms with Gasteiger partial charge in [-0.05, 0) is 33.6 Å². The Morgan fingerprint density at radius 3 is 2.55 bits per heavy atom. The predicted octanol–water partition coefficient (Wildman–Crippen LogP) is 2.08. The molecule has 0 aromatic rings. The van der Waals surface area contributed by atoms with Crippen molar-refractivity contribution in [3.8, 4) is 0 Å². The topological polar surface area (TPSA) is 47.9 Å². The van der Waals surface area contributed by atoms with Crippen LogP contribution in [0.4, 0.5) is 0 Å². The van der Waals surface area contributed by atoms with Gasteiger partial charge in [0.05, 0.1) is 0 Å². The van der Waals surface area contributed by atoms with Crippen LogP contribution in [-0.4, -0.2) is 59.9 Å². The molecule has 2 fully saturated rings. The summed E-state index contributed by atoms with van der Waals surface area (Å²) in [5, 5.41) is 3.41. The Kier molecular flexibility index (Phi) is 5.03. The SMILES string of the molecule is CCNC(=NCCCN1CCCC1=O)N1CC(C)(C)C1(C)C. The van der Waals surface area contributed by atoms with Gasteiger partial charge in [-0.25, -0.2) is 0 Å². The lowest BCUT2D eigenvalue weighted by Crippen LogP contribution is -2.72. The smallest absolute Gasteiger partial charge is 0.222 e. The number of hydrogen-bond donors (Lipinski definition) is 1. The van der Waals surface area contributed by atoms with Crippen molar-refractivity contribution in [2.24, 2.45) is 10.4 Å². The van der Waals surface area contributed by atoms with Gasteiger partial charge in [-0.3, -0.25) is 9.79 Å². The fourth-order valence-corrected chi connectivity index (χ4v) is 3.18. The predicted molar refractivity (Wildman–Crippen MR) is 91.0 cm³/mol. The summed E-state index contributed by atoms with van der Waals surface area (Å²) in [6.45, 7) is 15.8. The molecule has 0 aromatic heterocycles. The number of guanidine groups is 1. The Bertz CT molecular complexity index is 442. The first-order valence-electron chi connectivity index (χ1n) is 8.63. The number of likely N-dealkylation sites (tertiary alicyclic amines) is 2. The van der Waals surface area contributed by atoms with Crippen LogP contribution in [-0.2, 0) is 4.79 Å². The second-order valence-electron chi connectivity index (χ2n) is 7.60. The Hall–Kier alpha value is -1.26. The van der Waals surface area contributed by atoms with Gasteiger partial charge in [-0.15, -0.1) is 0 Å². The van der Waals surface area contributed by atoms with Gasteiger partial charge in [0.1, 0.15) is 0 Å². The third-order valence-electron chi connectivity index (χ3n) is 5.49. The summed E-state index contributed by atoms with van der Waals surface area (Å²) in [4.78, 5) is 20.7. The Labute approximate surface area is 135 Å². The fourth-order valence-electron chi connectivity index (χ4n) is 3.18. The van der Waals surface area contributed by atoms with Gasteiger partial charge in [0.2, 0.25) is 5.91 Å². The van der Waals surface area contributed by atoms with Crippen molar-refractivity contribution in [3.63, 3.8) is 0 Å². The first-order chi connectivity index (χ1) is 10.3. The maximum Gasteiger partial charge on any atom is 0.222 e. The van der Waals surface area contributed by atoms with Crippen molar-refractivity contribution in [3.05, 3.63) is 0 Å². The van der Waals surface area contributed by atoms with Crippen LogP contribution in [0.25, 0.3) is 0 Å². The summed E-state index contributed by atoms with van der Waals surface area (Å²) in [6.07, 6.45) is 2.68. The lowest BCUT2D eigenvalue weighted by molar-refractivity contribution is -0.127. The molecule has 0 spiro atoms. The Morgan fingerprint density at radius 2 is 2.05 bits per heavy atom. The molecule has 2 aliphatic heterocycles. The monoisotopic (exact) mass is 308 g/mol. The maximum absolute atomic E-state index is 11.6. The van der Waals surface area contributed by atoms with Crippen LogP contribution in [0.2, 0.25) is 0 Å². The largest absolute Gasteiger partial charge is 0.356 e. The van der Waals surface area contributed by atoms with Crippen molar-refractivity contribution in [1.82, 2.24) is 15.1 Å². The summed E-state index contributed by atoms with van der Waals surface area (Å²) >= 11 is 0. The van der Waals surface area contributed by atoms with Crippen molar-refractivity contribution < 1.29 is 4.79 Å². The second kappa shape index (κ2) is 6.47. The first-order valence-corrected chi connectivity index (χ1v) is 8.63. The van der Waals surface area contributed by atoms with Gasteiger partial charge in [0.25, 0.3) is 0 Å². The number of carbonyl (C=O) groups excluding carboxylic acids is 1. The highest BCUT2D eigenvalue weighted by atomic mass is 16.2. The molecule has 0 atom stereocenters. The molecule has 22 heavy (non-hydrogen) atoms. The lowest BCUT2D eigenvalue weighted by atomic mass is 9.65. The fraction of sp³-hybridized carbons (Fsp3) is 0.882. The molecule has 0 radical (unpaired) electrons. The molecule has 1 amide bonds. The maximum atomic E-state index is 11.6. The van der Waals surface area contributed by atoms with E-state index in [1.165, 1.54) is 0 Å². The molecule has 5 nitrogen and oxygen atoms in total. The van der Waals surface area contributed by atoms with Crippen LogP contribution in [0.5, 0.6) is 0 Å². The van der Waals surface area contributed by atoms with Crippen LogP contribution < -0.4 is 5.32 Å². The molecule has 1 N–H and O–H groups in total. The summed E-state index contributed by atoms with van der Waals surface area (Å²) in [5.74, 6) is 1.32. The van der Waals surface area contributed by atoms with Crippen LogP contribution >= 0.6 is 0 Å². The van der Waals surface area contributed by atoms with Gasteiger partial charge in [-0.2, -0.15) is 0 Å². The van der Waals surface area contributed by atoms with E-state index < -0.39 is 0 Å². The summed E-state index contributed by atoms with van der Waals surface area (Å²) in [6, 6.07) is 0. The van der Waals surface area contributed by atoms with Crippen molar-refractivity contribution >= 4 is 11.9 Å². The van der Waals surface area contributed by atoms with E-state index in [2.05, 4.69) is 44.8 Å². The number of nitrogens with one attached hydrogen (secondary N) is 1. The number of nitrogens with zero attached hydrogens (tertiary/aromatic N) is 3. The van der Waals surface area contributed by atoms with Gasteiger partial charge in [0.15, 0.2) is 5.96 Å². The molecule has 2 heterocycles. The second-order valence-corrected chi connectivity index (χ2v) is 7.60. The lowest BCUT2D eigenvalue weighted by Gasteiger charge is -2.62. The van der Waals surface area contributed by atoms with Gasteiger partial charge >= 0.3 is 0 Å². The molecular formula is C17H32N4O. The average Bonchev–Trinajstić information content (AvgIpc) is 2.85. The molecule has 0 unspecified atom stereocenters.